The largest absolute Gasteiger partial charge is 0.345 e. The molecule has 4 nitrogen and oxygen atoms in total. The fraction of sp³-hybridized carbons (Fsp3) is 0.348. The molecule has 4 rings (SSSR count). The van der Waals surface area contributed by atoms with Crippen molar-refractivity contribution in [1.82, 2.24) is 9.55 Å². The van der Waals surface area contributed by atoms with E-state index in [0.717, 1.165) is 28.5 Å². The first-order valence-electron chi connectivity index (χ1n) is 10.0. The highest BCUT2D eigenvalue weighted by Crippen LogP contribution is 2.34. The molecule has 1 aliphatic rings. The Bertz CT molecular complexity index is 985. The molecule has 1 fully saturated rings. The van der Waals surface area contributed by atoms with Crippen LogP contribution in [0.4, 0.5) is 0 Å². The van der Waals surface area contributed by atoms with Crippen LogP contribution < -0.4 is 0 Å². The minimum atomic E-state index is -0.713. The van der Waals surface area contributed by atoms with E-state index >= 15 is 0 Å². The average molecular weight is 498 g/mol. The molecule has 3 aromatic rings. The van der Waals surface area contributed by atoms with E-state index in [1.54, 1.807) is 18.6 Å². The number of ether oxygens (including phenoxy) is 2. The van der Waals surface area contributed by atoms with Gasteiger partial charge in [-0.15, -0.1) is 0 Å². The van der Waals surface area contributed by atoms with Crippen molar-refractivity contribution in [3.05, 3.63) is 87.4 Å². The lowest BCUT2D eigenvalue weighted by Gasteiger charge is -2.29. The summed E-state index contributed by atoms with van der Waals surface area (Å²) in [6.45, 7) is 1.15. The van der Waals surface area contributed by atoms with Gasteiger partial charge in [-0.2, -0.15) is 11.8 Å². The van der Waals surface area contributed by atoms with Crippen molar-refractivity contribution in [3.63, 3.8) is 0 Å². The molecular weight excluding hydrogens is 475 g/mol. The van der Waals surface area contributed by atoms with Crippen LogP contribution in [0.3, 0.4) is 0 Å². The number of rotatable bonds is 9. The van der Waals surface area contributed by atoms with Crippen LogP contribution in [0.15, 0.2) is 61.2 Å². The van der Waals surface area contributed by atoms with Crippen molar-refractivity contribution >= 4 is 46.6 Å². The molecule has 8 heteroatoms. The van der Waals surface area contributed by atoms with Gasteiger partial charge in [-0.1, -0.05) is 53.0 Å². The summed E-state index contributed by atoms with van der Waals surface area (Å²) in [7, 11) is 0. The molecule has 0 N–H and O–H groups in total. The number of aromatic nitrogens is 2. The number of hydrogen-bond acceptors (Lipinski definition) is 4. The normalized spacial score (nSPS) is 20.9. The quantitative estimate of drug-likeness (QED) is 0.337. The van der Waals surface area contributed by atoms with Crippen LogP contribution in [-0.4, -0.2) is 33.8 Å². The number of aryl methyl sites for hydroxylation is 1. The Morgan fingerprint density at radius 2 is 1.90 bits per heavy atom. The number of halogens is 3. The fourth-order valence-corrected chi connectivity index (χ4v) is 5.19. The van der Waals surface area contributed by atoms with Crippen LogP contribution in [0.25, 0.3) is 0 Å². The Morgan fingerprint density at radius 3 is 2.65 bits per heavy atom. The van der Waals surface area contributed by atoms with Gasteiger partial charge in [0.05, 0.1) is 25.6 Å². The highest BCUT2D eigenvalue weighted by Gasteiger charge is 2.41. The zero-order chi connectivity index (χ0) is 21.7. The molecule has 1 aliphatic heterocycles. The van der Waals surface area contributed by atoms with E-state index in [1.165, 1.54) is 5.56 Å². The van der Waals surface area contributed by atoms with Crippen molar-refractivity contribution < 1.29 is 9.47 Å². The maximum absolute atomic E-state index is 6.48. The van der Waals surface area contributed by atoms with Crippen molar-refractivity contribution in [1.29, 1.82) is 0 Å². The third-order valence-corrected chi connectivity index (χ3v) is 7.16. The Balaban J connectivity index is 1.37. The van der Waals surface area contributed by atoms with Crippen LogP contribution in [0.2, 0.25) is 15.1 Å². The molecule has 2 heterocycles. The molecule has 1 saturated heterocycles. The molecule has 2 aromatic carbocycles. The van der Waals surface area contributed by atoms with Crippen molar-refractivity contribution in [2.45, 2.75) is 37.0 Å². The van der Waals surface area contributed by atoms with Crippen LogP contribution in [0, 0.1) is 0 Å². The first kappa shape index (κ1) is 23.0. The summed E-state index contributed by atoms with van der Waals surface area (Å²) in [5, 5.41) is 2.05. The molecule has 0 radical (unpaired) electrons. The van der Waals surface area contributed by atoms with Crippen LogP contribution in [-0.2, 0) is 28.2 Å². The second-order valence-corrected chi connectivity index (χ2v) is 9.88. The van der Waals surface area contributed by atoms with E-state index in [9.17, 15) is 0 Å². The summed E-state index contributed by atoms with van der Waals surface area (Å²) >= 11 is 20.2. The van der Waals surface area contributed by atoms with E-state index in [1.807, 2.05) is 46.8 Å². The number of imidazole rings is 1. The predicted molar refractivity (Wildman–Crippen MR) is 128 cm³/mol. The number of thioether (sulfide) groups is 1. The maximum atomic E-state index is 6.48. The third-order valence-electron chi connectivity index (χ3n) is 5.17. The standard InChI is InChI=1S/C23H23Cl3N2O2S/c24-19-4-1-17(2-5-19)13-31-14-21-12-29-23(30-21,15-28-10-9-27-16-28)8-7-18-3-6-20(25)11-22(18)26/h1-6,9-11,16,21H,7-8,12-15H2. The van der Waals surface area contributed by atoms with Crippen LogP contribution >= 0.6 is 46.6 Å². The minimum absolute atomic E-state index is 0.0292. The lowest BCUT2D eigenvalue weighted by atomic mass is 10.0. The molecule has 0 amide bonds. The molecule has 31 heavy (non-hydrogen) atoms. The van der Waals surface area contributed by atoms with Crippen molar-refractivity contribution in [2.75, 3.05) is 12.4 Å². The molecule has 164 valence electrons. The van der Waals surface area contributed by atoms with Gasteiger partial charge in [-0.05, 0) is 41.8 Å². The predicted octanol–water partition coefficient (Wildman–Crippen LogP) is 6.52. The van der Waals surface area contributed by atoms with Gasteiger partial charge in [0.1, 0.15) is 0 Å². The molecule has 0 spiro atoms. The molecule has 2 unspecified atom stereocenters. The van der Waals surface area contributed by atoms with Gasteiger partial charge < -0.3 is 14.0 Å². The molecule has 0 saturated carbocycles. The van der Waals surface area contributed by atoms with Gasteiger partial charge >= 0.3 is 0 Å². The summed E-state index contributed by atoms with van der Waals surface area (Å²) in [4.78, 5) is 4.15. The molecule has 1 aromatic heterocycles. The van der Waals surface area contributed by atoms with Crippen molar-refractivity contribution in [3.8, 4) is 0 Å². The molecule has 0 aliphatic carbocycles. The second kappa shape index (κ2) is 10.6. The molecule has 2 atom stereocenters. The van der Waals surface area contributed by atoms with Gasteiger partial charge in [0.15, 0.2) is 5.79 Å². The Hall–Kier alpha value is -1.21. The zero-order valence-electron chi connectivity index (χ0n) is 16.8. The summed E-state index contributed by atoms with van der Waals surface area (Å²) in [6, 6.07) is 13.5. The SMILES string of the molecule is Clc1ccc(CSCC2COC(CCc3ccc(Cl)cc3Cl)(Cn3ccnc3)O2)cc1. The van der Waals surface area contributed by atoms with Crippen LogP contribution in [0.5, 0.6) is 0 Å². The summed E-state index contributed by atoms with van der Waals surface area (Å²) in [6.07, 6.45) is 6.92. The van der Waals surface area contributed by atoms with Crippen molar-refractivity contribution in [2.24, 2.45) is 0 Å². The molecular formula is C23H23Cl3N2O2S. The third kappa shape index (κ3) is 6.41. The maximum Gasteiger partial charge on any atom is 0.187 e. The Labute approximate surface area is 201 Å². The average Bonchev–Trinajstić information content (AvgIpc) is 3.40. The summed E-state index contributed by atoms with van der Waals surface area (Å²) in [5.74, 6) is 1.05. The lowest BCUT2D eigenvalue weighted by Crippen LogP contribution is -2.37. The topological polar surface area (TPSA) is 36.3 Å². The first-order valence-corrected chi connectivity index (χ1v) is 12.3. The monoisotopic (exact) mass is 496 g/mol. The minimum Gasteiger partial charge on any atom is -0.345 e. The van der Waals surface area contributed by atoms with Gasteiger partial charge in [-0.3, -0.25) is 0 Å². The fourth-order valence-electron chi connectivity index (χ4n) is 3.59. The summed E-state index contributed by atoms with van der Waals surface area (Å²) < 4.78 is 14.7. The Kier molecular flexibility index (Phi) is 7.86. The smallest absolute Gasteiger partial charge is 0.187 e. The van der Waals surface area contributed by atoms with Gasteiger partial charge in [0.25, 0.3) is 0 Å². The Morgan fingerprint density at radius 1 is 1.10 bits per heavy atom. The van der Waals surface area contributed by atoms with E-state index in [2.05, 4.69) is 17.1 Å². The van der Waals surface area contributed by atoms with E-state index in [-0.39, 0.29) is 6.10 Å². The lowest BCUT2D eigenvalue weighted by molar-refractivity contribution is -0.180. The highest BCUT2D eigenvalue weighted by atomic mass is 35.5. The number of nitrogens with zero attached hydrogens (tertiary/aromatic N) is 2. The number of benzene rings is 2. The van der Waals surface area contributed by atoms with E-state index in [4.69, 9.17) is 44.3 Å². The highest BCUT2D eigenvalue weighted by molar-refractivity contribution is 7.98. The second-order valence-electron chi connectivity index (χ2n) is 7.57. The van der Waals surface area contributed by atoms with Gasteiger partial charge in [-0.25, -0.2) is 4.98 Å². The zero-order valence-corrected chi connectivity index (χ0v) is 19.9. The van der Waals surface area contributed by atoms with E-state index in [0.29, 0.717) is 29.6 Å². The van der Waals surface area contributed by atoms with Gasteiger partial charge in [0, 0.05) is 45.4 Å². The van der Waals surface area contributed by atoms with Gasteiger partial charge in [0.2, 0.25) is 0 Å². The number of hydrogen-bond donors (Lipinski definition) is 0. The van der Waals surface area contributed by atoms with Crippen LogP contribution in [0.1, 0.15) is 17.5 Å². The molecule has 0 bridgehead atoms. The first-order chi connectivity index (χ1) is 15.0. The van der Waals surface area contributed by atoms with E-state index < -0.39 is 5.79 Å². The summed E-state index contributed by atoms with van der Waals surface area (Å²) in [5.41, 5.74) is 2.28.